The third-order valence-electron chi connectivity index (χ3n) is 9.26. The van der Waals surface area contributed by atoms with Crippen molar-refractivity contribution in [3.8, 4) is 0 Å². The van der Waals surface area contributed by atoms with Gasteiger partial charge in [0.2, 0.25) is 5.91 Å². The maximum atomic E-state index is 12.9. The molecule has 0 bridgehead atoms. The average Bonchev–Trinajstić information content (AvgIpc) is 3.10. The number of hydrogen-bond donors (Lipinski definition) is 8. The molecule has 0 radical (unpaired) electrons. The molecule has 1 amide bonds. The largest absolute Gasteiger partial charge is 0.394 e. The van der Waals surface area contributed by atoms with Gasteiger partial charge in [0.1, 0.15) is 36.6 Å². The van der Waals surface area contributed by atoms with Crippen molar-refractivity contribution in [2.24, 2.45) is 0 Å². The number of carbonyl (C=O) groups is 1. The molecule has 49 heavy (non-hydrogen) atoms. The van der Waals surface area contributed by atoms with Crippen LogP contribution in [0.5, 0.6) is 0 Å². The van der Waals surface area contributed by atoms with E-state index in [1.165, 1.54) is 25.7 Å². The minimum Gasteiger partial charge on any atom is -0.394 e. The number of aliphatic hydroxyl groups is 7. The average molecular weight is 702 g/mol. The molecule has 1 heterocycles. The van der Waals surface area contributed by atoms with Crippen molar-refractivity contribution in [3.63, 3.8) is 0 Å². The van der Waals surface area contributed by atoms with E-state index < -0.39 is 74.2 Å². The van der Waals surface area contributed by atoms with Crippen LogP contribution < -0.4 is 5.32 Å². The Labute approximate surface area is 295 Å². The highest BCUT2D eigenvalue weighted by atomic mass is 16.7. The lowest BCUT2D eigenvalue weighted by atomic mass is 9.98. The van der Waals surface area contributed by atoms with Crippen molar-refractivity contribution in [2.45, 2.75) is 197 Å². The van der Waals surface area contributed by atoms with Gasteiger partial charge >= 0.3 is 0 Å². The fraction of sp³-hybridized carbons (Fsp3) is 0.868. The van der Waals surface area contributed by atoms with Gasteiger partial charge in [-0.05, 0) is 44.9 Å². The molecular formula is C38H71NO10. The maximum absolute atomic E-state index is 12.9. The monoisotopic (exact) mass is 702 g/mol. The summed E-state index contributed by atoms with van der Waals surface area (Å²) in [6, 6.07) is -1.17. The quantitative estimate of drug-likeness (QED) is 0.0396. The van der Waals surface area contributed by atoms with Crippen molar-refractivity contribution in [1.82, 2.24) is 5.32 Å². The summed E-state index contributed by atoms with van der Waals surface area (Å²) in [4.78, 5) is 12.9. The second-order valence-corrected chi connectivity index (χ2v) is 13.6. The van der Waals surface area contributed by atoms with Crippen molar-refractivity contribution < 1.29 is 50.0 Å². The fourth-order valence-electron chi connectivity index (χ4n) is 5.94. The molecule has 1 fully saturated rings. The lowest BCUT2D eigenvalue weighted by molar-refractivity contribution is -0.303. The van der Waals surface area contributed by atoms with Gasteiger partial charge in [0.05, 0.1) is 25.4 Å². The van der Waals surface area contributed by atoms with Crippen LogP contribution in [0.2, 0.25) is 0 Å². The Hall–Kier alpha value is -1.41. The predicted molar refractivity (Wildman–Crippen MR) is 192 cm³/mol. The Balaban J connectivity index is 2.50. The van der Waals surface area contributed by atoms with E-state index in [1.54, 1.807) is 0 Å². The van der Waals surface area contributed by atoms with Gasteiger partial charge in [-0.15, -0.1) is 0 Å². The van der Waals surface area contributed by atoms with Gasteiger partial charge in [-0.25, -0.2) is 0 Å². The molecular weight excluding hydrogens is 630 g/mol. The van der Waals surface area contributed by atoms with Gasteiger partial charge in [0.25, 0.3) is 0 Å². The molecule has 8 N–H and O–H groups in total. The Morgan fingerprint density at radius 3 is 1.86 bits per heavy atom. The van der Waals surface area contributed by atoms with Crippen LogP contribution >= 0.6 is 0 Å². The number of unbranched alkanes of at least 4 members (excludes halogenated alkanes) is 14. The first-order valence-electron chi connectivity index (χ1n) is 19.2. The summed E-state index contributed by atoms with van der Waals surface area (Å²) in [6.07, 6.45) is 17.0. The van der Waals surface area contributed by atoms with Crippen molar-refractivity contribution in [1.29, 1.82) is 0 Å². The first-order chi connectivity index (χ1) is 23.7. The van der Waals surface area contributed by atoms with Crippen molar-refractivity contribution in [2.75, 3.05) is 13.2 Å². The number of nitrogens with one attached hydrogen (secondary N) is 1. The molecule has 0 aromatic heterocycles. The smallest absolute Gasteiger partial charge is 0.249 e. The molecule has 11 nitrogen and oxygen atoms in total. The van der Waals surface area contributed by atoms with E-state index in [0.717, 1.165) is 77.0 Å². The number of amides is 1. The molecule has 1 aliphatic rings. The summed E-state index contributed by atoms with van der Waals surface area (Å²) < 4.78 is 11.0. The summed E-state index contributed by atoms with van der Waals surface area (Å²) in [5.74, 6) is -0.712. The van der Waals surface area contributed by atoms with E-state index in [0.29, 0.717) is 19.3 Å². The standard InChI is InChI=1S/C38H71NO10/c1-3-5-7-9-11-12-13-14-15-16-17-18-19-20-22-24-26-31(42)37(47)39-29(33(43)30(41)25-23-21-10-8-6-4-2)28-48-38-36(46)35(45)34(44)32(27-40)49-38/h11-12,14-15,29-36,38,40-46H,3-10,13,16-28H2,1-2H3,(H,39,47)/b12-11-,15-14-. The zero-order chi connectivity index (χ0) is 36.3. The number of carbonyl (C=O) groups excluding carboxylic acids is 1. The normalized spacial score (nSPS) is 24.0. The van der Waals surface area contributed by atoms with Gasteiger partial charge in [-0.2, -0.15) is 0 Å². The highest BCUT2D eigenvalue weighted by molar-refractivity contribution is 5.80. The zero-order valence-corrected chi connectivity index (χ0v) is 30.4. The van der Waals surface area contributed by atoms with Crippen LogP contribution in [-0.4, -0.2) is 110 Å². The van der Waals surface area contributed by atoms with Crippen molar-refractivity contribution in [3.05, 3.63) is 24.3 Å². The lowest BCUT2D eigenvalue weighted by Crippen LogP contribution is -2.60. The Bertz CT molecular complexity index is 856. The van der Waals surface area contributed by atoms with Gasteiger partial charge in [-0.1, -0.05) is 122 Å². The first kappa shape index (κ1) is 45.6. The third-order valence-corrected chi connectivity index (χ3v) is 9.26. The summed E-state index contributed by atoms with van der Waals surface area (Å²) in [6.45, 7) is 3.29. The molecule has 0 aliphatic carbocycles. The highest BCUT2D eigenvalue weighted by Crippen LogP contribution is 2.23. The van der Waals surface area contributed by atoms with Crippen LogP contribution in [0.15, 0.2) is 24.3 Å². The topological polar surface area (TPSA) is 189 Å². The highest BCUT2D eigenvalue weighted by Gasteiger charge is 2.44. The van der Waals surface area contributed by atoms with Crippen LogP contribution in [0.4, 0.5) is 0 Å². The Morgan fingerprint density at radius 1 is 0.714 bits per heavy atom. The fourth-order valence-corrected chi connectivity index (χ4v) is 5.94. The van der Waals surface area contributed by atoms with E-state index in [1.807, 2.05) is 0 Å². The van der Waals surface area contributed by atoms with Gasteiger partial charge in [-0.3, -0.25) is 4.79 Å². The molecule has 0 saturated carbocycles. The molecule has 9 atom stereocenters. The summed E-state index contributed by atoms with van der Waals surface area (Å²) >= 11 is 0. The first-order valence-corrected chi connectivity index (χ1v) is 19.2. The summed E-state index contributed by atoms with van der Waals surface area (Å²) in [5, 5.41) is 74.8. The summed E-state index contributed by atoms with van der Waals surface area (Å²) in [7, 11) is 0. The minimum absolute atomic E-state index is 0.247. The number of aliphatic hydroxyl groups excluding tert-OH is 7. The zero-order valence-electron chi connectivity index (χ0n) is 30.4. The van der Waals surface area contributed by atoms with Crippen LogP contribution in [0.25, 0.3) is 0 Å². The van der Waals surface area contributed by atoms with Crippen LogP contribution in [-0.2, 0) is 14.3 Å². The molecule has 0 aromatic carbocycles. The molecule has 1 rings (SSSR count). The van der Waals surface area contributed by atoms with E-state index in [2.05, 4.69) is 43.5 Å². The molecule has 1 saturated heterocycles. The third kappa shape index (κ3) is 20.3. The van der Waals surface area contributed by atoms with Crippen LogP contribution in [0, 0.1) is 0 Å². The van der Waals surface area contributed by atoms with Crippen LogP contribution in [0.3, 0.4) is 0 Å². The van der Waals surface area contributed by atoms with Gasteiger partial charge < -0.3 is 50.5 Å². The second-order valence-electron chi connectivity index (χ2n) is 13.6. The van der Waals surface area contributed by atoms with Crippen LogP contribution in [0.1, 0.15) is 142 Å². The van der Waals surface area contributed by atoms with E-state index in [4.69, 9.17) is 9.47 Å². The van der Waals surface area contributed by atoms with Gasteiger partial charge in [0.15, 0.2) is 6.29 Å². The maximum Gasteiger partial charge on any atom is 0.249 e. The number of ether oxygens (including phenoxy) is 2. The second kappa shape index (κ2) is 29.2. The molecule has 1 aliphatic heterocycles. The molecule has 288 valence electrons. The molecule has 9 unspecified atom stereocenters. The van der Waals surface area contributed by atoms with E-state index in [-0.39, 0.29) is 6.42 Å². The van der Waals surface area contributed by atoms with E-state index >= 15 is 0 Å². The Morgan fingerprint density at radius 2 is 1.24 bits per heavy atom. The van der Waals surface area contributed by atoms with E-state index in [9.17, 15) is 40.5 Å². The number of rotatable bonds is 30. The number of allylic oxidation sites excluding steroid dienone is 4. The van der Waals surface area contributed by atoms with Crippen molar-refractivity contribution >= 4 is 5.91 Å². The Kier molecular flexibility index (Phi) is 27.2. The lowest BCUT2D eigenvalue weighted by Gasteiger charge is -2.40. The molecule has 0 spiro atoms. The number of hydrogen-bond acceptors (Lipinski definition) is 10. The predicted octanol–water partition coefficient (Wildman–Crippen LogP) is 4.32. The minimum atomic E-state index is -1.66. The SMILES string of the molecule is CCCCC/C=C\C/C=C\CCCCCCCCC(O)C(=O)NC(COC1OC(CO)C(O)C(O)C1O)C(O)C(O)CCCCCCCC. The molecule has 11 heteroatoms. The summed E-state index contributed by atoms with van der Waals surface area (Å²) in [5.41, 5.74) is 0. The molecule has 0 aromatic rings. The van der Waals surface area contributed by atoms with Gasteiger partial charge in [0, 0.05) is 0 Å².